The van der Waals surface area contributed by atoms with Gasteiger partial charge in [0.2, 0.25) is 0 Å². The third-order valence-corrected chi connectivity index (χ3v) is 5.46. The Hall–Kier alpha value is -3.41. The molecule has 0 radical (unpaired) electrons. The molecule has 31 heavy (non-hydrogen) atoms. The first kappa shape index (κ1) is 20.8. The quantitative estimate of drug-likeness (QED) is 0.396. The van der Waals surface area contributed by atoms with E-state index in [0.29, 0.717) is 17.0 Å². The molecule has 0 aliphatic rings. The third kappa shape index (κ3) is 4.85. The minimum Gasteiger partial charge on any atom is -0.394 e. The second-order valence-corrected chi connectivity index (χ2v) is 7.63. The van der Waals surface area contributed by atoms with Crippen molar-refractivity contribution in [3.8, 4) is 22.5 Å². The molecule has 156 valence electrons. The average molecular weight is 432 g/mol. The van der Waals surface area contributed by atoms with Gasteiger partial charge in [-0.2, -0.15) is 5.10 Å². The number of rotatable bonds is 7. The second kappa shape index (κ2) is 9.60. The van der Waals surface area contributed by atoms with E-state index in [9.17, 15) is 9.90 Å². The van der Waals surface area contributed by atoms with Crippen LogP contribution in [-0.4, -0.2) is 33.9 Å². The van der Waals surface area contributed by atoms with Crippen molar-refractivity contribution in [2.45, 2.75) is 12.5 Å². The Bertz CT molecular complexity index is 1170. The van der Waals surface area contributed by atoms with Gasteiger partial charge in [-0.15, -0.1) is 0 Å². The number of H-pyrrole nitrogens is 1. The number of hydrogen-bond acceptors (Lipinski definition) is 3. The summed E-state index contributed by atoms with van der Waals surface area (Å²) >= 11 is 6.23. The van der Waals surface area contributed by atoms with Gasteiger partial charge in [-0.05, 0) is 30.2 Å². The molecule has 0 aliphatic carbocycles. The molecule has 6 heteroatoms. The molecule has 0 saturated heterocycles. The van der Waals surface area contributed by atoms with Crippen LogP contribution in [-0.2, 0) is 6.42 Å². The first-order chi connectivity index (χ1) is 15.2. The van der Waals surface area contributed by atoms with Crippen LogP contribution >= 0.6 is 11.6 Å². The highest BCUT2D eigenvalue weighted by Crippen LogP contribution is 2.26. The van der Waals surface area contributed by atoms with Gasteiger partial charge in [-0.1, -0.05) is 78.3 Å². The van der Waals surface area contributed by atoms with Crippen LogP contribution in [0.5, 0.6) is 0 Å². The number of amides is 1. The molecule has 4 rings (SSSR count). The Balaban J connectivity index is 1.56. The number of nitrogens with one attached hydrogen (secondary N) is 2. The van der Waals surface area contributed by atoms with Crippen molar-refractivity contribution >= 4 is 17.5 Å². The van der Waals surface area contributed by atoms with E-state index in [0.717, 1.165) is 28.1 Å². The fraction of sp³-hybridized carbons (Fsp3) is 0.120. The molecule has 1 heterocycles. The van der Waals surface area contributed by atoms with E-state index >= 15 is 0 Å². The summed E-state index contributed by atoms with van der Waals surface area (Å²) in [5, 5.41) is 20.8. The highest BCUT2D eigenvalue weighted by molar-refractivity contribution is 6.31. The molecule has 0 bridgehead atoms. The second-order valence-electron chi connectivity index (χ2n) is 7.23. The zero-order valence-corrected chi connectivity index (χ0v) is 17.5. The predicted molar refractivity (Wildman–Crippen MR) is 123 cm³/mol. The zero-order valence-electron chi connectivity index (χ0n) is 16.8. The van der Waals surface area contributed by atoms with Gasteiger partial charge < -0.3 is 10.4 Å². The van der Waals surface area contributed by atoms with Crippen molar-refractivity contribution in [1.82, 2.24) is 15.5 Å². The van der Waals surface area contributed by atoms with E-state index in [1.54, 1.807) is 12.1 Å². The molecule has 3 N–H and O–H groups in total. The number of aliphatic hydroxyl groups is 1. The van der Waals surface area contributed by atoms with Crippen LogP contribution < -0.4 is 5.32 Å². The van der Waals surface area contributed by atoms with Crippen LogP contribution in [0.2, 0.25) is 5.02 Å². The van der Waals surface area contributed by atoms with Crippen LogP contribution in [0.15, 0.2) is 84.9 Å². The predicted octanol–water partition coefficient (Wildman–Crippen LogP) is 4.73. The standard InChI is InChI=1S/C25H22ClN3O2/c26-22-13-7-4-10-18(22)14-19(16-30)27-25(31)21-12-6-5-11-20(21)24-15-23(28-29-24)17-8-2-1-3-9-17/h1-13,15,19,30H,14,16H2,(H,27,31)(H,28,29)/t19-/m1/s1. The van der Waals surface area contributed by atoms with Crippen LogP contribution in [0.3, 0.4) is 0 Å². The summed E-state index contributed by atoms with van der Waals surface area (Å²) in [6.45, 7) is -0.193. The average Bonchev–Trinajstić information content (AvgIpc) is 3.31. The number of nitrogens with zero attached hydrogens (tertiary/aromatic N) is 1. The molecule has 1 amide bonds. The molecule has 1 atom stereocenters. The van der Waals surface area contributed by atoms with Gasteiger partial charge in [0.25, 0.3) is 5.91 Å². The molecule has 0 aliphatic heterocycles. The van der Waals surface area contributed by atoms with Gasteiger partial charge >= 0.3 is 0 Å². The third-order valence-electron chi connectivity index (χ3n) is 5.09. The monoisotopic (exact) mass is 431 g/mol. The lowest BCUT2D eigenvalue weighted by Crippen LogP contribution is -2.39. The van der Waals surface area contributed by atoms with Gasteiger partial charge in [0.05, 0.1) is 24.0 Å². The number of aromatic amines is 1. The number of aromatic nitrogens is 2. The summed E-state index contributed by atoms with van der Waals surface area (Å²) < 4.78 is 0. The minimum atomic E-state index is -0.456. The first-order valence-corrected chi connectivity index (χ1v) is 10.4. The number of benzene rings is 3. The molecule has 0 spiro atoms. The summed E-state index contributed by atoms with van der Waals surface area (Å²) in [5.74, 6) is -0.266. The fourth-order valence-electron chi connectivity index (χ4n) is 3.49. The van der Waals surface area contributed by atoms with Gasteiger partial charge in [0.15, 0.2) is 0 Å². The van der Waals surface area contributed by atoms with E-state index in [4.69, 9.17) is 11.6 Å². The Labute approximate surface area is 185 Å². The van der Waals surface area contributed by atoms with Gasteiger partial charge in [-0.3, -0.25) is 9.89 Å². The molecular weight excluding hydrogens is 410 g/mol. The minimum absolute atomic E-state index is 0.193. The van der Waals surface area contributed by atoms with E-state index < -0.39 is 6.04 Å². The van der Waals surface area contributed by atoms with Crippen LogP contribution in [0.4, 0.5) is 0 Å². The first-order valence-electron chi connectivity index (χ1n) is 10.0. The van der Waals surface area contributed by atoms with E-state index in [-0.39, 0.29) is 12.5 Å². The molecule has 3 aromatic carbocycles. The molecule has 0 fully saturated rings. The molecule has 0 unspecified atom stereocenters. The van der Waals surface area contributed by atoms with Crippen molar-refractivity contribution in [1.29, 1.82) is 0 Å². The summed E-state index contributed by atoms with van der Waals surface area (Å²) in [5.41, 5.74) is 4.66. The number of hydrogen-bond donors (Lipinski definition) is 3. The largest absolute Gasteiger partial charge is 0.394 e. The van der Waals surface area contributed by atoms with E-state index in [2.05, 4.69) is 15.5 Å². The topological polar surface area (TPSA) is 78.0 Å². The number of carbonyl (C=O) groups excluding carboxylic acids is 1. The maximum Gasteiger partial charge on any atom is 0.252 e. The molecular formula is C25H22ClN3O2. The lowest BCUT2D eigenvalue weighted by Gasteiger charge is -2.18. The summed E-state index contributed by atoms with van der Waals surface area (Å²) in [7, 11) is 0. The summed E-state index contributed by atoms with van der Waals surface area (Å²) in [6, 6.07) is 26.1. The molecule has 5 nitrogen and oxygen atoms in total. The summed E-state index contributed by atoms with van der Waals surface area (Å²) in [6.07, 6.45) is 0.437. The fourth-order valence-corrected chi connectivity index (χ4v) is 3.70. The van der Waals surface area contributed by atoms with Crippen molar-refractivity contribution in [2.24, 2.45) is 0 Å². The number of carbonyl (C=O) groups is 1. The number of aliphatic hydroxyl groups excluding tert-OH is 1. The zero-order chi connectivity index (χ0) is 21.6. The van der Waals surface area contributed by atoms with Crippen molar-refractivity contribution in [3.05, 3.63) is 101 Å². The molecule has 1 aromatic heterocycles. The van der Waals surface area contributed by atoms with E-state index in [1.807, 2.05) is 72.8 Å². The smallest absolute Gasteiger partial charge is 0.252 e. The SMILES string of the molecule is O=C(N[C@@H](CO)Cc1ccccc1Cl)c1ccccc1-c1cc(-c2ccccc2)n[nH]1. The van der Waals surface area contributed by atoms with Crippen molar-refractivity contribution in [3.63, 3.8) is 0 Å². The van der Waals surface area contributed by atoms with E-state index in [1.165, 1.54) is 0 Å². The summed E-state index contributed by atoms with van der Waals surface area (Å²) in [4.78, 5) is 13.1. The highest BCUT2D eigenvalue weighted by Gasteiger charge is 2.19. The Morgan fingerprint density at radius 1 is 1.00 bits per heavy atom. The lowest BCUT2D eigenvalue weighted by molar-refractivity contribution is 0.0917. The van der Waals surface area contributed by atoms with Gasteiger partial charge in [0, 0.05) is 21.7 Å². The van der Waals surface area contributed by atoms with Crippen LogP contribution in [0, 0.1) is 0 Å². The maximum absolute atomic E-state index is 13.1. The lowest BCUT2D eigenvalue weighted by atomic mass is 10.0. The Kier molecular flexibility index (Phi) is 6.46. The van der Waals surface area contributed by atoms with Crippen molar-refractivity contribution < 1.29 is 9.90 Å². The van der Waals surface area contributed by atoms with Crippen molar-refractivity contribution in [2.75, 3.05) is 6.61 Å². The normalized spacial score (nSPS) is 11.8. The van der Waals surface area contributed by atoms with Gasteiger partial charge in [-0.25, -0.2) is 0 Å². The van der Waals surface area contributed by atoms with Gasteiger partial charge in [0.1, 0.15) is 0 Å². The molecule has 0 saturated carbocycles. The maximum atomic E-state index is 13.1. The molecule has 4 aromatic rings. The highest BCUT2D eigenvalue weighted by atomic mass is 35.5. The Morgan fingerprint density at radius 3 is 2.48 bits per heavy atom. The van der Waals surface area contributed by atoms with Crippen LogP contribution in [0.1, 0.15) is 15.9 Å². The van der Waals surface area contributed by atoms with Crippen LogP contribution in [0.25, 0.3) is 22.5 Å². The Morgan fingerprint density at radius 2 is 1.71 bits per heavy atom. The number of halogens is 1.